The number of rotatable bonds is 7. The topological polar surface area (TPSA) is 97.6 Å². The van der Waals surface area contributed by atoms with E-state index >= 15 is 0 Å². The fourth-order valence-corrected chi connectivity index (χ4v) is 4.24. The number of thiophene rings is 1. The lowest BCUT2D eigenvalue weighted by molar-refractivity contribution is 0.824. The molecular weight excluding hydrogens is 372 g/mol. The van der Waals surface area contributed by atoms with E-state index in [1.807, 2.05) is 36.7 Å². The van der Waals surface area contributed by atoms with E-state index in [-0.39, 0.29) is 5.56 Å². The lowest BCUT2D eigenvalue weighted by atomic mass is 10.2. The van der Waals surface area contributed by atoms with E-state index in [1.54, 1.807) is 11.3 Å². The number of imidazole rings is 1. The lowest BCUT2D eigenvalue weighted by Gasteiger charge is -2.10. The average molecular weight is 395 g/mol. The summed E-state index contributed by atoms with van der Waals surface area (Å²) in [5.41, 5.74) is 5.00. The van der Waals surface area contributed by atoms with Gasteiger partial charge in [0.1, 0.15) is 11.4 Å². The van der Waals surface area contributed by atoms with Gasteiger partial charge in [0.15, 0.2) is 0 Å². The minimum Gasteiger partial charge on any atom is -0.384 e. The number of aromatic amines is 2. The summed E-state index contributed by atoms with van der Waals surface area (Å²) in [6, 6.07) is 8.41. The van der Waals surface area contributed by atoms with Gasteiger partial charge in [-0.1, -0.05) is 0 Å². The van der Waals surface area contributed by atoms with Crippen LogP contribution >= 0.6 is 11.3 Å². The fourth-order valence-electron chi connectivity index (χ4n) is 3.38. The van der Waals surface area contributed by atoms with Gasteiger partial charge < -0.3 is 25.9 Å². The van der Waals surface area contributed by atoms with Gasteiger partial charge in [-0.3, -0.25) is 4.79 Å². The molecular formula is C20H22N6OS. The van der Waals surface area contributed by atoms with Crippen LogP contribution < -0.4 is 21.5 Å². The molecule has 7 nitrogen and oxygen atoms in total. The highest BCUT2D eigenvalue weighted by atomic mass is 32.1. The average Bonchev–Trinajstić information content (AvgIpc) is 3.21. The van der Waals surface area contributed by atoms with Gasteiger partial charge in [-0.05, 0) is 49.5 Å². The van der Waals surface area contributed by atoms with Gasteiger partial charge in [0, 0.05) is 24.8 Å². The van der Waals surface area contributed by atoms with E-state index in [9.17, 15) is 4.79 Å². The number of hydrogen-bond donors (Lipinski definition) is 5. The Morgan fingerprint density at radius 3 is 2.89 bits per heavy atom. The molecule has 1 aliphatic carbocycles. The van der Waals surface area contributed by atoms with Crippen molar-refractivity contribution in [3.8, 4) is 11.4 Å². The van der Waals surface area contributed by atoms with Crippen LogP contribution in [-0.4, -0.2) is 41.1 Å². The van der Waals surface area contributed by atoms with Crippen molar-refractivity contribution in [2.45, 2.75) is 18.9 Å². The Kier molecular flexibility index (Phi) is 4.29. The maximum absolute atomic E-state index is 12.9. The summed E-state index contributed by atoms with van der Waals surface area (Å²) in [5.74, 6) is 0.599. The maximum Gasteiger partial charge on any atom is 0.261 e. The predicted octanol–water partition coefficient (Wildman–Crippen LogP) is 3.34. The first-order valence-electron chi connectivity index (χ1n) is 9.51. The molecule has 0 unspecified atom stereocenters. The zero-order valence-electron chi connectivity index (χ0n) is 15.6. The summed E-state index contributed by atoms with van der Waals surface area (Å²) in [6.07, 6.45) is 2.28. The number of benzene rings is 1. The van der Waals surface area contributed by atoms with Crippen molar-refractivity contribution < 1.29 is 0 Å². The van der Waals surface area contributed by atoms with E-state index in [0.29, 0.717) is 17.4 Å². The SMILES string of the molecule is CNCCNc1ccc2nc(-c3c(NC4CC4)c4sccc4[nH]c3=O)[nH]c2c1. The monoisotopic (exact) mass is 394 g/mol. The van der Waals surface area contributed by atoms with Crippen LogP contribution in [-0.2, 0) is 0 Å². The van der Waals surface area contributed by atoms with Crippen molar-refractivity contribution in [3.05, 3.63) is 40.0 Å². The predicted molar refractivity (Wildman–Crippen MR) is 117 cm³/mol. The van der Waals surface area contributed by atoms with Gasteiger partial charge in [-0.25, -0.2) is 4.98 Å². The standard InChI is InChI=1S/C20H22N6OS/c1-21-7-8-22-12-4-5-13-15(10-12)25-19(24-13)16-17(23-11-2-3-11)18-14(6-9-28-18)26-20(16)27/h4-6,9-11,21-22H,2-3,7-8H2,1H3,(H,24,25)(H2,23,26,27). The summed E-state index contributed by atoms with van der Waals surface area (Å²) in [7, 11) is 1.93. The van der Waals surface area contributed by atoms with E-state index < -0.39 is 0 Å². The number of aromatic nitrogens is 3. The van der Waals surface area contributed by atoms with Gasteiger partial charge in [0.25, 0.3) is 5.56 Å². The molecule has 0 radical (unpaired) electrons. The molecule has 1 fully saturated rings. The Bertz CT molecular complexity index is 1200. The van der Waals surface area contributed by atoms with Crippen LogP contribution in [0.3, 0.4) is 0 Å². The molecule has 1 aromatic carbocycles. The molecule has 1 saturated carbocycles. The Hall–Kier alpha value is -2.84. The van der Waals surface area contributed by atoms with Crippen LogP contribution in [0.4, 0.5) is 11.4 Å². The molecule has 0 atom stereocenters. The summed E-state index contributed by atoms with van der Waals surface area (Å²) in [5, 5.41) is 12.1. The van der Waals surface area contributed by atoms with Gasteiger partial charge in [0.05, 0.1) is 26.9 Å². The van der Waals surface area contributed by atoms with Crippen molar-refractivity contribution in [1.29, 1.82) is 0 Å². The first kappa shape index (κ1) is 17.3. The van der Waals surface area contributed by atoms with E-state index in [2.05, 4.69) is 25.9 Å². The highest BCUT2D eigenvalue weighted by Crippen LogP contribution is 2.37. The van der Waals surface area contributed by atoms with Crippen LogP contribution in [0.5, 0.6) is 0 Å². The summed E-state index contributed by atoms with van der Waals surface area (Å²) in [6.45, 7) is 1.73. The quantitative estimate of drug-likeness (QED) is 0.310. The zero-order valence-corrected chi connectivity index (χ0v) is 16.4. The molecule has 3 aromatic heterocycles. The van der Waals surface area contributed by atoms with Crippen LogP contribution in [0.15, 0.2) is 34.4 Å². The number of H-pyrrole nitrogens is 2. The number of likely N-dealkylation sites (N-methyl/N-ethyl adjacent to an activating group) is 1. The Balaban J connectivity index is 1.60. The first-order valence-corrected chi connectivity index (χ1v) is 10.4. The second-order valence-corrected chi connectivity index (χ2v) is 8.05. The van der Waals surface area contributed by atoms with Crippen molar-refractivity contribution in [3.63, 3.8) is 0 Å². The van der Waals surface area contributed by atoms with Gasteiger partial charge in [-0.15, -0.1) is 11.3 Å². The smallest absolute Gasteiger partial charge is 0.261 e. The lowest BCUT2D eigenvalue weighted by Crippen LogP contribution is -2.17. The molecule has 3 heterocycles. The maximum atomic E-state index is 12.9. The Labute approximate surface area is 165 Å². The number of nitrogens with one attached hydrogen (secondary N) is 5. The number of hydrogen-bond acceptors (Lipinski definition) is 6. The third-order valence-electron chi connectivity index (χ3n) is 4.97. The number of nitrogens with zero attached hydrogens (tertiary/aromatic N) is 1. The van der Waals surface area contributed by atoms with Gasteiger partial charge in [-0.2, -0.15) is 0 Å². The highest BCUT2D eigenvalue weighted by Gasteiger charge is 2.26. The summed E-state index contributed by atoms with van der Waals surface area (Å²) >= 11 is 1.63. The minimum absolute atomic E-state index is 0.125. The van der Waals surface area contributed by atoms with Crippen LogP contribution in [0.2, 0.25) is 0 Å². The van der Waals surface area contributed by atoms with Crippen molar-refractivity contribution in [2.75, 3.05) is 30.8 Å². The second kappa shape index (κ2) is 6.96. The molecule has 0 amide bonds. The number of fused-ring (bicyclic) bond motifs is 2. The minimum atomic E-state index is -0.125. The highest BCUT2D eigenvalue weighted by molar-refractivity contribution is 7.17. The van der Waals surface area contributed by atoms with Gasteiger partial charge in [0.2, 0.25) is 0 Å². The third kappa shape index (κ3) is 3.14. The van der Waals surface area contributed by atoms with Gasteiger partial charge >= 0.3 is 0 Å². The molecule has 0 spiro atoms. The molecule has 144 valence electrons. The normalized spacial score (nSPS) is 14.0. The third-order valence-corrected chi connectivity index (χ3v) is 5.90. The van der Waals surface area contributed by atoms with Crippen LogP contribution in [0.25, 0.3) is 32.6 Å². The summed E-state index contributed by atoms with van der Waals surface area (Å²) < 4.78 is 1.07. The first-order chi connectivity index (χ1) is 13.7. The van der Waals surface area contributed by atoms with E-state index in [0.717, 1.165) is 58.6 Å². The van der Waals surface area contributed by atoms with Crippen LogP contribution in [0.1, 0.15) is 12.8 Å². The molecule has 28 heavy (non-hydrogen) atoms. The van der Waals surface area contributed by atoms with E-state index in [4.69, 9.17) is 4.98 Å². The summed E-state index contributed by atoms with van der Waals surface area (Å²) in [4.78, 5) is 24.0. The number of pyridine rings is 1. The zero-order chi connectivity index (χ0) is 19.1. The largest absolute Gasteiger partial charge is 0.384 e. The van der Waals surface area contributed by atoms with E-state index in [1.165, 1.54) is 0 Å². The molecule has 8 heteroatoms. The molecule has 0 saturated heterocycles. The fraction of sp³-hybridized carbons (Fsp3) is 0.300. The molecule has 4 aromatic rings. The molecule has 0 bridgehead atoms. The van der Waals surface area contributed by atoms with Crippen molar-refractivity contribution in [2.24, 2.45) is 0 Å². The number of anilines is 2. The molecule has 5 rings (SSSR count). The second-order valence-electron chi connectivity index (χ2n) is 7.13. The molecule has 1 aliphatic rings. The Morgan fingerprint density at radius 1 is 1.18 bits per heavy atom. The van der Waals surface area contributed by atoms with Crippen molar-refractivity contribution in [1.82, 2.24) is 20.3 Å². The molecule has 0 aliphatic heterocycles. The van der Waals surface area contributed by atoms with Crippen molar-refractivity contribution >= 4 is 44.0 Å². The van der Waals surface area contributed by atoms with Crippen LogP contribution in [0, 0.1) is 0 Å². The molecule has 5 N–H and O–H groups in total. The Morgan fingerprint density at radius 2 is 2.07 bits per heavy atom.